The number of rotatable bonds is 6. The van der Waals surface area contributed by atoms with Crippen molar-refractivity contribution in [2.45, 2.75) is 70.8 Å². The van der Waals surface area contributed by atoms with Gasteiger partial charge in [-0.05, 0) is 67.8 Å². The highest BCUT2D eigenvalue weighted by molar-refractivity contribution is 5.98. The van der Waals surface area contributed by atoms with E-state index in [2.05, 4.69) is 11.0 Å². The molecule has 0 spiro atoms. The second-order valence-electron chi connectivity index (χ2n) is 10.8. The summed E-state index contributed by atoms with van der Waals surface area (Å²) in [5.41, 5.74) is 2.29. The Morgan fingerprint density at radius 2 is 1.79 bits per heavy atom. The van der Waals surface area contributed by atoms with Gasteiger partial charge in [0.25, 0.3) is 0 Å². The first-order chi connectivity index (χ1) is 15.7. The third-order valence-corrected chi connectivity index (χ3v) is 7.42. The van der Waals surface area contributed by atoms with Crippen molar-refractivity contribution < 1.29 is 19.1 Å². The molecular formula is C26H37N3O4. The van der Waals surface area contributed by atoms with Crippen LogP contribution in [0.1, 0.15) is 69.4 Å². The second kappa shape index (κ2) is 9.45. The Hall–Kier alpha value is -2.41. The Kier molecular flexibility index (Phi) is 6.80. The Morgan fingerprint density at radius 1 is 1.09 bits per heavy atom. The van der Waals surface area contributed by atoms with Gasteiger partial charge in [0.1, 0.15) is 5.75 Å². The zero-order valence-electron chi connectivity index (χ0n) is 20.4. The van der Waals surface area contributed by atoms with Gasteiger partial charge < -0.3 is 9.64 Å². The Bertz CT molecular complexity index is 906. The molecule has 2 heterocycles. The van der Waals surface area contributed by atoms with E-state index in [9.17, 15) is 14.4 Å². The summed E-state index contributed by atoms with van der Waals surface area (Å²) in [6, 6.07) is 6.60. The quantitative estimate of drug-likeness (QED) is 0.482. The van der Waals surface area contributed by atoms with Gasteiger partial charge in [-0.1, -0.05) is 26.0 Å². The lowest BCUT2D eigenvalue weighted by Crippen LogP contribution is -2.46. The highest BCUT2D eigenvalue weighted by atomic mass is 16.6. The van der Waals surface area contributed by atoms with Crippen LogP contribution in [0, 0.1) is 5.41 Å². The van der Waals surface area contributed by atoms with Crippen LogP contribution < -0.4 is 4.74 Å². The molecular weight excluding hydrogens is 418 g/mol. The second-order valence-corrected chi connectivity index (χ2v) is 10.8. The zero-order chi connectivity index (χ0) is 23.8. The Morgan fingerprint density at radius 3 is 2.48 bits per heavy atom. The molecule has 7 heteroatoms. The Labute approximate surface area is 197 Å². The zero-order valence-corrected chi connectivity index (χ0v) is 20.4. The number of carbonyl (C=O) groups is 3. The molecule has 2 atom stereocenters. The minimum Gasteiger partial charge on any atom is -0.410 e. The van der Waals surface area contributed by atoms with Gasteiger partial charge in [0.2, 0.25) is 11.8 Å². The average molecular weight is 456 g/mol. The minimum absolute atomic E-state index is 0.0212. The molecule has 7 nitrogen and oxygen atoms in total. The van der Waals surface area contributed by atoms with Crippen LogP contribution in [0.2, 0.25) is 0 Å². The van der Waals surface area contributed by atoms with Crippen molar-refractivity contribution in [3.63, 3.8) is 0 Å². The third-order valence-electron chi connectivity index (χ3n) is 7.42. The molecule has 2 aliphatic heterocycles. The highest BCUT2D eigenvalue weighted by Gasteiger charge is 2.40. The number of likely N-dealkylation sites (tertiary alicyclic amines) is 2. The van der Waals surface area contributed by atoms with Crippen LogP contribution in [0.3, 0.4) is 0 Å². The van der Waals surface area contributed by atoms with Gasteiger partial charge in [-0.2, -0.15) is 0 Å². The molecule has 1 aromatic rings. The van der Waals surface area contributed by atoms with Crippen molar-refractivity contribution in [3.05, 3.63) is 29.3 Å². The number of imide groups is 1. The first kappa shape index (κ1) is 23.7. The van der Waals surface area contributed by atoms with E-state index in [0.29, 0.717) is 37.1 Å². The minimum atomic E-state index is -0.340. The molecule has 0 radical (unpaired) electrons. The van der Waals surface area contributed by atoms with E-state index in [4.69, 9.17) is 4.74 Å². The van der Waals surface area contributed by atoms with Crippen molar-refractivity contribution >= 4 is 17.9 Å². The van der Waals surface area contributed by atoms with Gasteiger partial charge in [-0.25, -0.2) is 4.79 Å². The molecule has 0 saturated carbocycles. The summed E-state index contributed by atoms with van der Waals surface area (Å²) in [5, 5.41) is 0. The van der Waals surface area contributed by atoms with E-state index in [-0.39, 0.29) is 23.3 Å². The maximum absolute atomic E-state index is 12.4. The maximum Gasteiger partial charge on any atom is 0.414 e. The molecule has 0 bridgehead atoms. The van der Waals surface area contributed by atoms with E-state index in [1.807, 2.05) is 26.0 Å². The van der Waals surface area contributed by atoms with Crippen LogP contribution in [0.25, 0.3) is 0 Å². The summed E-state index contributed by atoms with van der Waals surface area (Å²) >= 11 is 0. The molecule has 3 aliphatic rings. The van der Waals surface area contributed by atoms with Crippen molar-refractivity contribution in [2.24, 2.45) is 5.41 Å². The third kappa shape index (κ3) is 5.08. The maximum atomic E-state index is 12.4. The lowest BCUT2D eigenvalue weighted by Gasteiger charge is -2.35. The lowest BCUT2D eigenvalue weighted by atomic mass is 9.79. The number of fused-ring (bicyclic) bond motifs is 3. The fourth-order valence-corrected chi connectivity index (χ4v) is 5.76. The molecule has 4 rings (SSSR count). The molecule has 0 N–H and O–H groups in total. The monoisotopic (exact) mass is 455 g/mol. The summed E-state index contributed by atoms with van der Waals surface area (Å²) in [4.78, 5) is 42.3. The number of hydrogen-bond donors (Lipinski definition) is 0. The topological polar surface area (TPSA) is 70.2 Å². The number of amides is 3. The first-order valence-electron chi connectivity index (χ1n) is 12.2. The molecule has 2 fully saturated rings. The van der Waals surface area contributed by atoms with Gasteiger partial charge in [0.05, 0.1) is 0 Å². The van der Waals surface area contributed by atoms with Crippen molar-refractivity contribution in [2.75, 3.05) is 33.7 Å². The summed E-state index contributed by atoms with van der Waals surface area (Å²) < 4.78 is 5.63. The van der Waals surface area contributed by atoms with Crippen molar-refractivity contribution in [1.82, 2.24) is 14.7 Å². The van der Waals surface area contributed by atoms with Gasteiger partial charge in [-0.15, -0.1) is 0 Å². The summed E-state index contributed by atoms with van der Waals surface area (Å²) in [6.07, 6.45) is 5.50. The van der Waals surface area contributed by atoms with E-state index in [0.717, 1.165) is 45.2 Å². The number of carbonyl (C=O) groups excluding carboxylic acids is 3. The van der Waals surface area contributed by atoms with E-state index < -0.39 is 0 Å². The molecule has 3 amide bonds. The molecule has 180 valence electrons. The van der Waals surface area contributed by atoms with Crippen LogP contribution in [0.5, 0.6) is 5.75 Å². The van der Waals surface area contributed by atoms with E-state index in [1.54, 1.807) is 14.1 Å². The van der Waals surface area contributed by atoms with Crippen LogP contribution in [0.15, 0.2) is 18.2 Å². The molecule has 1 aliphatic carbocycles. The van der Waals surface area contributed by atoms with Crippen LogP contribution >= 0.6 is 0 Å². The molecule has 33 heavy (non-hydrogen) atoms. The SMILES string of the molecule is CN(C)C(=O)Oc1cccc2c1CC[C@@H]1[C@H]2CCN1CCCCN1C(=O)CC(C)(C)CC1=O. The van der Waals surface area contributed by atoms with Gasteiger partial charge in [0.15, 0.2) is 0 Å². The fourth-order valence-electron chi connectivity index (χ4n) is 5.76. The highest BCUT2D eigenvalue weighted by Crippen LogP contribution is 2.44. The number of hydrogen-bond acceptors (Lipinski definition) is 5. The molecule has 1 aromatic carbocycles. The number of nitrogens with zero attached hydrogens (tertiary/aromatic N) is 3. The van der Waals surface area contributed by atoms with Gasteiger partial charge in [-0.3, -0.25) is 19.4 Å². The van der Waals surface area contributed by atoms with Gasteiger partial charge >= 0.3 is 6.09 Å². The first-order valence-corrected chi connectivity index (χ1v) is 12.2. The molecule has 2 saturated heterocycles. The number of piperidine rings is 1. The normalized spacial score (nSPS) is 24.4. The van der Waals surface area contributed by atoms with Gasteiger partial charge in [0, 0.05) is 45.4 Å². The number of unbranched alkanes of at least 4 members (excludes halogenated alkanes) is 1. The van der Waals surface area contributed by atoms with E-state index >= 15 is 0 Å². The Balaban J connectivity index is 1.31. The summed E-state index contributed by atoms with van der Waals surface area (Å²) in [6.45, 7) is 6.57. The molecule has 0 aromatic heterocycles. The van der Waals surface area contributed by atoms with Crippen molar-refractivity contribution in [1.29, 1.82) is 0 Å². The standard InChI is InChI=1S/C26H37N3O4/c1-26(2)16-23(30)29(24(31)17-26)14-6-5-13-28-15-12-19-18-8-7-9-22(33-25(32)27(3)4)20(18)10-11-21(19)28/h7-9,19,21H,5-6,10-17H2,1-4H3/t19-,21+/m0/s1. The van der Waals surface area contributed by atoms with Crippen LogP contribution in [-0.4, -0.2) is 72.4 Å². The predicted molar refractivity (Wildman–Crippen MR) is 126 cm³/mol. The fraction of sp³-hybridized carbons (Fsp3) is 0.654. The largest absolute Gasteiger partial charge is 0.414 e. The summed E-state index contributed by atoms with van der Waals surface area (Å²) in [5.74, 6) is 1.13. The number of ether oxygens (including phenoxy) is 1. The average Bonchev–Trinajstić information content (AvgIpc) is 3.15. The summed E-state index contributed by atoms with van der Waals surface area (Å²) in [7, 11) is 3.39. The van der Waals surface area contributed by atoms with Crippen LogP contribution in [0.4, 0.5) is 4.79 Å². The lowest BCUT2D eigenvalue weighted by molar-refractivity contribution is -0.152. The van der Waals surface area contributed by atoms with E-state index in [1.165, 1.54) is 20.9 Å². The number of benzene rings is 1. The molecule has 0 unspecified atom stereocenters. The predicted octanol–water partition coefficient (Wildman–Crippen LogP) is 3.81. The van der Waals surface area contributed by atoms with Crippen molar-refractivity contribution in [3.8, 4) is 5.75 Å². The smallest absolute Gasteiger partial charge is 0.410 e. The van der Waals surface area contributed by atoms with Crippen LogP contribution in [-0.2, 0) is 16.0 Å².